The number of aromatic nitrogens is 2. The number of hydrogen-bond acceptors (Lipinski definition) is 3. The third kappa shape index (κ3) is 4.16. The van der Waals surface area contributed by atoms with Crippen LogP contribution >= 0.6 is 0 Å². The van der Waals surface area contributed by atoms with Gasteiger partial charge in [-0.25, -0.2) is 4.79 Å². The largest absolute Gasteiger partial charge is 0.355 e. The fourth-order valence-corrected chi connectivity index (χ4v) is 3.03. The molecule has 2 aromatic carbocycles. The van der Waals surface area contributed by atoms with Crippen molar-refractivity contribution in [2.75, 3.05) is 6.54 Å². The second-order valence-electron chi connectivity index (χ2n) is 6.47. The average Bonchev–Trinajstić information content (AvgIpc) is 2.69. The number of para-hydroxylation sites is 1. The topological polar surface area (TPSA) is 73.1 Å². The number of unbranched alkanes of at least 4 members (excludes halogenated alkanes) is 1. The van der Waals surface area contributed by atoms with E-state index >= 15 is 0 Å². The molecule has 3 rings (SSSR count). The highest BCUT2D eigenvalue weighted by molar-refractivity contribution is 5.81. The van der Waals surface area contributed by atoms with Crippen LogP contribution in [0.4, 0.5) is 0 Å². The summed E-state index contributed by atoms with van der Waals surface area (Å²) in [5, 5.41) is 3.25. The van der Waals surface area contributed by atoms with Crippen molar-refractivity contribution in [2.24, 2.45) is 0 Å². The molecule has 1 amide bonds. The zero-order valence-electron chi connectivity index (χ0n) is 15.4. The third-order valence-corrected chi connectivity index (χ3v) is 4.47. The van der Waals surface area contributed by atoms with Crippen molar-refractivity contribution in [3.05, 3.63) is 81.0 Å². The Morgan fingerprint density at radius 3 is 2.41 bits per heavy atom. The predicted molar refractivity (Wildman–Crippen MR) is 106 cm³/mol. The van der Waals surface area contributed by atoms with E-state index in [0.29, 0.717) is 17.4 Å². The molecule has 0 aliphatic carbocycles. The maximum absolute atomic E-state index is 13.0. The van der Waals surface area contributed by atoms with Gasteiger partial charge in [0.15, 0.2) is 0 Å². The first-order valence-electron chi connectivity index (χ1n) is 9.15. The lowest BCUT2D eigenvalue weighted by molar-refractivity contribution is -0.121. The smallest absolute Gasteiger partial charge is 0.332 e. The number of rotatable bonds is 7. The molecule has 0 fully saturated rings. The molecule has 1 N–H and O–H groups in total. The lowest BCUT2D eigenvalue weighted by atomic mass is 10.2. The summed E-state index contributed by atoms with van der Waals surface area (Å²) in [7, 11) is 0. The van der Waals surface area contributed by atoms with Gasteiger partial charge in [-0.15, -0.1) is 0 Å². The van der Waals surface area contributed by atoms with E-state index in [1.807, 2.05) is 37.3 Å². The maximum atomic E-state index is 13.0. The minimum Gasteiger partial charge on any atom is -0.355 e. The van der Waals surface area contributed by atoms with Gasteiger partial charge in [0, 0.05) is 6.54 Å². The van der Waals surface area contributed by atoms with Crippen LogP contribution < -0.4 is 16.6 Å². The van der Waals surface area contributed by atoms with Crippen molar-refractivity contribution in [3.8, 4) is 0 Å². The quantitative estimate of drug-likeness (QED) is 0.652. The van der Waals surface area contributed by atoms with Crippen LogP contribution in [0.15, 0.2) is 64.2 Å². The van der Waals surface area contributed by atoms with Crippen molar-refractivity contribution < 1.29 is 4.79 Å². The minimum atomic E-state index is -0.479. The normalized spacial score (nSPS) is 10.9. The second kappa shape index (κ2) is 8.49. The molecular formula is C21H23N3O3. The van der Waals surface area contributed by atoms with Gasteiger partial charge in [-0.05, 0) is 24.1 Å². The number of benzene rings is 2. The molecule has 6 heteroatoms. The number of carbonyl (C=O) groups is 1. The van der Waals surface area contributed by atoms with E-state index in [2.05, 4.69) is 5.32 Å². The van der Waals surface area contributed by atoms with Crippen LogP contribution in [0.5, 0.6) is 0 Å². The molecule has 0 spiro atoms. The first-order chi connectivity index (χ1) is 13.1. The van der Waals surface area contributed by atoms with Crippen LogP contribution in [-0.4, -0.2) is 21.6 Å². The first kappa shape index (κ1) is 18.6. The molecule has 140 valence electrons. The molecule has 0 saturated heterocycles. The summed E-state index contributed by atoms with van der Waals surface area (Å²) >= 11 is 0. The molecule has 0 aliphatic rings. The molecule has 0 saturated carbocycles. The molecule has 6 nitrogen and oxygen atoms in total. The molecule has 27 heavy (non-hydrogen) atoms. The van der Waals surface area contributed by atoms with E-state index in [9.17, 15) is 14.4 Å². The van der Waals surface area contributed by atoms with Gasteiger partial charge in [-0.2, -0.15) is 0 Å². The molecule has 0 radical (unpaired) electrons. The highest BCUT2D eigenvalue weighted by Gasteiger charge is 2.15. The number of nitrogens with zero attached hydrogens (tertiary/aromatic N) is 2. The summed E-state index contributed by atoms with van der Waals surface area (Å²) in [5.41, 5.74) is 0.503. The summed E-state index contributed by atoms with van der Waals surface area (Å²) in [6.07, 6.45) is 1.86. The Morgan fingerprint density at radius 1 is 0.963 bits per heavy atom. The van der Waals surface area contributed by atoms with Crippen molar-refractivity contribution in [2.45, 2.75) is 32.9 Å². The predicted octanol–water partition coefficient (Wildman–Crippen LogP) is 2.13. The lowest BCUT2D eigenvalue weighted by Gasteiger charge is -2.14. The van der Waals surface area contributed by atoms with Gasteiger partial charge < -0.3 is 5.32 Å². The Kier molecular flexibility index (Phi) is 5.86. The van der Waals surface area contributed by atoms with Crippen LogP contribution in [0, 0.1) is 0 Å². The van der Waals surface area contributed by atoms with Gasteiger partial charge in [-0.1, -0.05) is 55.8 Å². The van der Waals surface area contributed by atoms with Gasteiger partial charge in [0.2, 0.25) is 5.91 Å². The Morgan fingerprint density at radius 2 is 1.67 bits per heavy atom. The van der Waals surface area contributed by atoms with Crippen molar-refractivity contribution >= 4 is 16.8 Å². The number of nitrogens with one attached hydrogen (secondary N) is 1. The standard InChI is InChI=1S/C21H23N3O3/c1-2-3-13-22-19(25)15-23-18-12-8-7-11-17(18)20(26)24(21(23)27)14-16-9-5-4-6-10-16/h4-12H,2-3,13-15H2,1H3,(H,22,25). The van der Waals surface area contributed by atoms with Crippen LogP contribution in [0.2, 0.25) is 0 Å². The molecule has 0 aliphatic heterocycles. The Hall–Kier alpha value is -3.15. The summed E-state index contributed by atoms with van der Waals surface area (Å²) in [5.74, 6) is -0.236. The lowest BCUT2D eigenvalue weighted by Crippen LogP contribution is -2.43. The molecule has 0 unspecified atom stereocenters. The third-order valence-electron chi connectivity index (χ3n) is 4.47. The zero-order chi connectivity index (χ0) is 19.2. The van der Waals surface area contributed by atoms with Crippen LogP contribution in [0.1, 0.15) is 25.3 Å². The first-order valence-corrected chi connectivity index (χ1v) is 9.15. The fourth-order valence-electron chi connectivity index (χ4n) is 3.03. The van der Waals surface area contributed by atoms with Crippen LogP contribution in [0.25, 0.3) is 10.9 Å². The van der Waals surface area contributed by atoms with E-state index in [1.54, 1.807) is 24.3 Å². The summed E-state index contributed by atoms with van der Waals surface area (Å²) in [6, 6.07) is 16.2. The van der Waals surface area contributed by atoms with E-state index in [-0.39, 0.29) is 24.6 Å². The number of carbonyl (C=O) groups excluding carboxylic acids is 1. The van der Waals surface area contributed by atoms with E-state index in [4.69, 9.17) is 0 Å². The van der Waals surface area contributed by atoms with Gasteiger partial charge in [0.1, 0.15) is 6.54 Å². The van der Waals surface area contributed by atoms with Crippen molar-refractivity contribution in [3.63, 3.8) is 0 Å². The summed E-state index contributed by atoms with van der Waals surface area (Å²) < 4.78 is 2.57. The highest BCUT2D eigenvalue weighted by Crippen LogP contribution is 2.08. The zero-order valence-corrected chi connectivity index (χ0v) is 15.4. The SMILES string of the molecule is CCCCNC(=O)Cn1c(=O)n(Cc2ccccc2)c(=O)c2ccccc21. The van der Waals surface area contributed by atoms with E-state index in [1.165, 1.54) is 9.13 Å². The Labute approximate surface area is 157 Å². The number of hydrogen-bond donors (Lipinski definition) is 1. The van der Waals surface area contributed by atoms with Gasteiger partial charge >= 0.3 is 5.69 Å². The van der Waals surface area contributed by atoms with E-state index in [0.717, 1.165) is 18.4 Å². The van der Waals surface area contributed by atoms with E-state index < -0.39 is 5.69 Å². The molecule has 0 atom stereocenters. The summed E-state index contributed by atoms with van der Waals surface area (Å²) in [6.45, 7) is 2.67. The average molecular weight is 365 g/mol. The molecule has 1 aromatic heterocycles. The van der Waals surface area contributed by atoms with Crippen LogP contribution in [0.3, 0.4) is 0 Å². The molecule has 1 heterocycles. The second-order valence-corrected chi connectivity index (χ2v) is 6.47. The molecule has 3 aromatic rings. The Balaban J connectivity index is 2.05. The van der Waals surface area contributed by atoms with Gasteiger partial charge in [0.05, 0.1) is 17.4 Å². The number of amides is 1. The monoisotopic (exact) mass is 365 g/mol. The fraction of sp³-hybridized carbons (Fsp3) is 0.286. The van der Waals surface area contributed by atoms with Crippen LogP contribution in [-0.2, 0) is 17.9 Å². The van der Waals surface area contributed by atoms with Crippen molar-refractivity contribution in [1.82, 2.24) is 14.5 Å². The van der Waals surface area contributed by atoms with Crippen molar-refractivity contribution in [1.29, 1.82) is 0 Å². The number of fused-ring (bicyclic) bond motifs is 1. The Bertz CT molecular complexity index is 1050. The highest BCUT2D eigenvalue weighted by atomic mass is 16.2. The molecular weight excluding hydrogens is 342 g/mol. The minimum absolute atomic E-state index is 0.113. The van der Waals surface area contributed by atoms with Gasteiger partial charge in [-0.3, -0.25) is 18.7 Å². The molecule has 0 bridgehead atoms. The maximum Gasteiger partial charge on any atom is 0.332 e. The summed E-state index contributed by atoms with van der Waals surface area (Å²) in [4.78, 5) is 38.2. The van der Waals surface area contributed by atoms with Gasteiger partial charge in [0.25, 0.3) is 5.56 Å².